The molecule has 0 unspecified atom stereocenters. The van der Waals surface area contributed by atoms with Gasteiger partial charge in [-0.25, -0.2) is 0 Å². The molecule has 202 valence electrons. The number of carbonyl (C=O) groups excluding carboxylic acids is 2. The maximum atomic E-state index is 16.0. The van der Waals surface area contributed by atoms with Gasteiger partial charge in [0.15, 0.2) is 5.60 Å². The smallest absolute Gasteiger partial charge is 0.269 e. The van der Waals surface area contributed by atoms with Crippen LogP contribution in [0.15, 0.2) is 48.5 Å². The number of nitro groups is 1. The van der Waals surface area contributed by atoms with Gasteiger partial charge in [0, 0.05) is 41.4 Å². The quantitative estimate of drug-likeness (QED) is 0.251. The molecule has 2 fully saturated rings. The predicted octanol–water partition coefficient (Wildman–Crippen LogP) is 4.42. The lowest BCUT2D eigenvalue weighted by Gasteiger charge is -2.31. The first-order valence-electron chi connectivity index (χ1n) is 13.0. The highest BCUT2D eigenvalue weighted by Gasteiger charge is 2.67. The van der Waals surface area contributed by atoms with Crippen molar-refractivity contribution in [3.05, 3.63) is 64.2 Å². The van der Waals surface area contributed by atoms with Crippen LogP contribution in [-0.4, -0.2) is 60.4 Å². The minimum Gasteiger partial charge on any atom is -0.394 e. The van der Waals surface area contributed by atoms with Crippen molar-refractivity contribution in [2.75, 3.05) is 18.1 Å². The van der Waals surface area contributed by atoms with Crippen LogP contribution >= 0.6 is 0 Å². The summed E-state index contributed by atoms with van der Waals surface area (Å²) in [6.07, 6.45) is 0.451. The fourth-order valence-corrected chi connectivity index (χ4v) is 9.24. The number of fused-ring (bicyclic) bond motifs is 2. The Balaban J connectivity index is 1.61. The standard InChI is InChI=1S/C27H32FN3O6Si/c1-17-25(38(2,3)28)23(15-24(33)29-13-7-10-20(29)16-32)37-27(17)21-14-19(31(35)36)11-12-22(21)30(26(27)34)18-8-5-4-6-9-18/h4-6,8-9,11-12,14,17,20,23,25,32H,7,10,13,15-16H2,1-3H3/t17-,20-,23+,25-,27+/m0/s1. The summed E-state index contributed by atoms with van der Waals surface area (Å²) >= 11 is 0. The van der Waals surface area contributed by atoms with Crippen molar-refractivity contribution >= 4 is 37.3 Å². The van der Waals surface area contributed by atoms with Crippen LogP contribution in [0.25, 0.3) is 0 Å². The van der Waals surface area contributed by atoms with E-state index in [9.17, 15) is 24.8 Å². The molecule has 2 amide bonds. The second kappa shape index (κ2) is 9.55. The zero-order valence-electron chi connectivity index (χ0n) is 21.7. The van der Waals surface area contributed by atoms with Crippen molar-refractivity contribution in [2.24, 2.45) is 5.92 Å². The Morgan fingerprint density at radius 1 is 1.26 bits per heavy atom. The molecule has 9 nitrogen and oxygen atoms in total. The Labute approximate surface area is 221 Å². The van der Waals surface area contributed by atoms with E-state index in [1.807, 2.05) is 6.07 Å². The van der Waals surface area contributed by atoms with Gasteiger partial charge in [-0.2, -0.15) is 0 Å². The van der Waals surface area contributed by atoms with Crippen LogP contribution in [-0.2, 0) is 19.9 Å². The molecule has 3 heterocycles. The Kier molecular flexibility index (Phi) is 6.65. The number of carbonyl (C=O) groups is 2. The summed E-state index contributed by atoms with van der Waals surface area (Å²) in [6, 6.07) is 12.9. The molecule has 5 atom stereocenters. The van der Waals surface area contributed by atoms with Crippen LogP contribution < -0.4 is 4.90 Å². The molecule has 5 rings (SSSR count). The highest BCUT2D eigenvalue weighted by atomic mass is 28.4. The Hall–Kier alpha value is -3.15. The van der Waals surface area contributed by atoms with Crippen molar-refractivity contribution in [1.29, 1.82) is 0 Å². The minimum atomic E-state index is -3.51. The SMILES string of the molecule is C[C@H]1[C@H]([Si](C)(C)F)[C@@H](CC(=O)N2CCC[C@H]2CO)O[C@]12C(=O)N(c1ccccc1)c1ccc([N+](=O)[O-])cc12. The summed E-state index contributed by atoms with van der Waals surface area (Å²) in [4.78, 5) is 42.0. The molecule has 0 bridgehead atoms. The largest absolute Gasteiger partial charge is 0.394 e. The van der Waals surface area contributed by atoms with E-state index in [1.165, 1.54) is 23.1 Å². The van der Waals surface area contributed by atoms with E-state index in [0.29, 0.717) is 29.9 Å². The van der Waals surface area contributed by atoms with Gasteiger partial charge >= 0.3 is 0 Å². The normalized spacial score (nSPS) is 28.8. The number of benzene rings is 2. The molecule has 38 heavy (non-hydrogen) atoms. The van der Waals surface area contributed by atoms with Gasteiger partial charge in [-0.3, -0.25) is 24.6 Å². The first-order valence-corrected chi connectivity index (χ1v) is 15.9. The molecule has 3 aliphatic heterocycles. The summed E-state index contributed by atoms with van der Waals surface area (Å²) in [6.45, 7) is 5.21. The van der Waals surface area contributed by atoms with Crippen LogP contribution in [0, 0.1) is 16.0 Å². The number of rotatable bonds is 6. The van der Waals surface area contributed by atoms with E-state index in [2.05, 4.69) is 0 Å². The number of aliphatic hydroxyl groups is 1. The lowest BCUT2D eigenvalue weighted by molar-refractivity contribution is -0.385. The summed E-state index contributed by atoms with van der Waals surface area (Å²) in [5.74, 6) is -1.37. The number of likely N-dealkylation sites (tertiary alicyclic amines) is 1. The number of anilines is 2. The molecule has 0 aliphatic carbocycles. The molecule has 2 aromatic carbocycles. The molecule has 0 aromatic heterocycles. The summed E-state index contributed by atoms with van der Waals surface area (Å²) in [5, 5.41) is 21.4. The summed E-state index contributed by atoms with van der Waals surface area (Å²) in [7, 11) is -3.51. The number of para-hydroxylation sites is 1. The fourth-order valence-electron chi connectivity index (χ4n) is 6.75. The van der Waals surface area contributed by atoms with Gasteiger partial charge in [-0.15, -0.1) is 0 Å². The Bertz CT molecular complexity index is 1270. The monoisotopic (exact) mass is 541 g/mol. The van der Waals surface area contributed by atoms with Gasteiger partial charge in [-0.1, -0.05) is 25.1 Å². The highest BCUT2D eigenvalue weighted by molar-refractivity contribution is 6.72. The van der Waals surface area contributed by atoms with Gasteiger partial charge in [0.05, 0.1) is 35.8 Å². The number of nitrogens with zero attached hydrogens (tertiary/aromatic N) is 3. The molecule has 1 N–H and O–H groups in total. The third-order valence-electron chi connectivity index (χ3n) is 8.36. The molecule has 2 aromatic rings. The van der Waals surface area contributed by atoms with Gasteiger partial charge < -0.3 is 18.9 Å². The van der Waals surface area contributed by atoms with Crippen molar-refractivity contribution in [1.82, 2.24) is 4.90 Å². The predicted molar refractivity (Wildman–Crippen MR) is 141 cm³/mol. The topological polar surface area (TPSA) is 113 Å². The zero-order chi connectivity index (χ0) is 27.4. The second-order valence-corrected chi connectivity index (χ2v) is 14.8. The number of hydrogen-bond donors (Lipinski definition) is 1. The molecular weight excluding hydrogens is 509 g/mol. The van der Waals surface area contributed by atoms with Crippen LogP contribution in [0.5, 0.6) is 0 Å². The number of aliphatic hydroxyl groups excluding tert-OH is 1. The van der Waals surface area contributed by atoms with E-state index < -0.39 is 42.4 Å². The molecule has 1 spiro atoms. The van der Waals surface area contributed by atoms with Crippen molar-refractivity contribution in [2.45, 2.75) is 62.6 Å². The maximum absolute atomic E-state index is 16.0. The molecule has 2 saturated heterocycles. The summed E-state index contributed by atoms with van der Waals surface area (Å²) in [5.41, 5.74) is -1.25. The Morgan fingerprint density at radius 3 is 2.61 bits per heavy atom. The number of hydrogen-bond acceptors (Lipinski definition) is 6. The zero-order valence-corrected chi connectivity index (χ0v) is 22.7. The fraction of sp³-hybridized carbons (Fsp3) is 0.481. The maximum Gasteiger partial charge on any atom is 0.269 e. The van der Waals surface area contributed by atoms with E-state index in [4.69, 9.17) is 4.74 Å². The Morgan fingerprint density at radius 2 is 1.97 bits per heavy atom. The van der Waals surface area contributed by atoms with Crippen LogP contribution in [0.2, 0.25) is 18.6 Å². The van der Waals surface area contributed by atoms with Crippen LogP contribution in [0.4, 0.5) is 21.2 Å². The first-order chi connectivity index (χ1) is 18.0. The molecule has 3 aliphatic rings. The molecule has 11 heteroatoms. The van der Waals surface area contributed by atoms with Crippen molar-refractivity contribution in [3.8, 4) is 0 Å². The second-order valence-electron chi connectivity index (χ2n) is 11.0. The number of non-ortho nitro benzene ring substituents is 1. The molecular formula is C27H32FN3O6Si. The number of ether oxygens (including phenoxy) is 1. The van der Waals surface area contributed by atoms with Crippen LogP contribution in [0.1, 0.15) is 31.7 Å². The third-order valence-corrected chi connectivity index (χ3v) is 10.8. The van der Waals surface area contributed by atoms with E-state index in [0.717, 1.165) is 6.42 Å². The molecule has 0 radical (unpaired) electrons. The average molecular weight is 542 g/mol. The number of nitro benzene ring substituents is 1. The van der Waals surface area contributed by atoms with Crippen LogP contribution in [0.3, 0.4) is 0 Å². The van der Waals surface area contributed by atoms with E-state index in [1.54, 1.807) is 49.2 Å². The van der Waals surface area contributed by atoms with E-state index >= 15 is 4.11 Å². The first kappa shape index (κ1) is 26.5. The lowest BCUT2D eigenvalue weighted by atomic mass is 9.82. The average Bonchev–Trinajstić information content (AvgIpc) is 3.53. The van der Waals surface area contributed by atoms with Gasteiger partial charge in [0.25, 0.3) is 11.6 Å². The van der Waals surface area contributed by atoms with Gasteiger partial charge in [-0.05, 0) is 44.1 Å². The lowest BCUT2D eigenvalue weighted by Crippen LogP contribution is -2.44. The highest BCUT2D eigenvalue weighted by Crippen LogP contribution is 2.61. The van der Waals surface area contributed by atoms with E-state index in [-0.39, 0.29) is 30.7 Å². The van der Waals surface area contributed by atoms with Gasteiger partial charge in [0.1, 0.15) is 0 Å². The number of halogens is 1. The van der Waals surface area contributed by atoms with Crippen molar-refractivity contribution < 1.29 is 28.5 Å². The number of amides is 2. The van der Waals surface area contributed by atoms with Crippen molar-refractivity contribution in [3.63, 3.8) is 0 Å². The van der Waals surface area contributed by atoms with Gasteiger partial charge in [0.2, 0.25) is 14.3 Å². The third kappa shape index (κ3) is 4.04. The minimum absolute atomic E-state index is 0.128. The summed E-state index contributed by atoms with van der Waals surface area (Å²) < 4.78 is 22.5. The molecule has 0 saturated carbocycles.